The van der Waals surface area contributed by atoms with Gasteiger partial charge in [-0.15, -0.1) is 11.3 Å². The van der Waals surface area contributed by atoms with Crippen molar-refractivity contribution in [2.45, 2.75) is 39.0 Å². The second kappa shape index (κ2) is 7.95. The fourth-order valence-corrected chi connectivity index (χ4v) is 3.78. The molecule has 1 aliphatic heterocycles. The summed E-state index contributed by atoms with van der Waals surface area (Å²) < 4.78 is 5.75. The predicted molar refractivity (Wildman–Crippen MR) is 101 cm³/mol. The Balaban J connectivity index is 1.52. The number of morpholine rings is 1. The number of anilines is 2. The topological polar surface area (TPSA) is 80.5 Å². The first-order valence-corrected chi connectivity index (χ1v) is 9.32. The van der Waals surface area contributed by atoms with Crippen LogP contribution in [0.5, 0.6) is 0 Å². The van der Waals surface area contributed by atoms with Gasteiger partial charge in [-0.1, -0.05) is 12.1 Å². The van der Waals surface area contributed by atoms with Crippen LogP contribution in [-0.2, 0) is 22.5 Å². The van der Waals surface area contributed by atoms with Crippen molar-refractivity contribution in [3.8, 4) is 0 Å². The first-order chi connectivity index (χ1) is 12.0. The smallest absolute Gasteiger partial charge is 0.230 e. The number of nitrogens with one attached hydrogen (secondary N) is 1. The van der Waals surface area contributed by atoms with Gasteiger partial charge in [0.2, 0.25) is 5.91 Å². The van der Waals surface area contributed by atoms with E-state index in [0.29, 0.717) is 17.2 Å². The number of nitrogens with two attached hydrogens (primary N) is 1. The van der Waals surface area contributed by atoms with E-state index in [2.05, 4.69) is 29.0 Å². The summed E-state index contributed by atoms with van der Waals surface area (Å²) in [4.78, 5) is 19.0. The van der Waals surface area contributed by atoms with E-state index in [1.54, 1.807) is 12.1 Å². The number of aromatic nitrogens is 1. The van der Waals surface area contributed by atoms with Crippen LogP contribution < -0.4 is 11.1 Å². The molecule has 2 aromatic rings. The number of benzene rings is 1. The SMILES string of the molecule is CC1CN(Cc2csc(NC(=O)Cc3ccc(N)cc3)n2)CC(C)O1. The molecule has 3 N–H and O–H groups in total. The predicted octanol–water partition coefficient (Wildman–Crippen LogP) is 2.52. The van der Waals surface area contributed by atoms with Crippen LogP contribution in [0.1, 0.15) is 25.1 Å². The summed E-state index contributed by atoms with van der Waals surface area (Å²) in [6.07, 6.45) is 0.788. The number of rotatable bonds is 5. The van der Waals surface area contributed by atoms with E-state index in [1.165, 1.54) is 11.3 Å². The van der Waals surface area contributed by atoms with Crippen molar-refractivity contribution in [3.05, 3.63) is 40.9 Å². The molecule has 7 heteroatoms. The fourth-order valence-electron chi connectivity index (χ4n) is 3.06. The van der Waals surface area contributed by atoms with Crippen molar-refractivity contribution in [1.29, 1.82) is 0 Å². The lowest BCUT2D eigenvalue weighted by Gasteiger charge is -2.34. The molecule has 0 aliphatic carbocycles. The van der Waals surface area contributed by atoms with Crippen LogP contribution in [-0.4, -0.2) is 41.1 Å². The normalized spacial score (nSPS) is 21.2. The third-order valence-electron chi connectivity index (χ3n) is 4.02. The maximum atomic E-state index is 12.1. The molecular weight excluding hydrogens is 336 g/mol. The van der Waals surface area contributed by atoms with Gasteiger partial charge in [-0.2, -0.15) is 0 Å². The lowest BCUT2D eigenvalue weighted by molar-refractivity contribution is -0.115. The van der Waals surface area contributed by atoms with Gasteiger partial charge in [0.15, 0.2) is 5.13 Å². The van der Waals surface area contributed by atoms with E-state index in [0.717, 1.165) is 30.9 Å². The molecule has 2 unspecified atom stereocenters. The van der Waals surface area contributed by atoms with E-state index in [4.69, 9.17) is 10.5 Å². The summed E-state index contributed by atoms with van der Waals surface area (Å²) in [6, 6.07) is 7.33. The zero-order valence-corrected chi connectivity index (χ0v) is 15.4. The number of thiazole rings is 1. The van der Waals surface area contributed by atoms with Crippen LogP contribution in [0, 0.1) is 0 Å². The molecule has 1 aromatic heterocycles. The Morgan fingerprint density at radius 1 is 1.32 bits per heavy atom. The minimum atomic E-state index is -0.0701. The number of hydrogen-bond acceptors (Lipinski definition) is 6. The first kappa shape index (κ1) is 17.8. The quantitative estimate of drug-likeness (QED) is 0.801. The summed E-state index contributed by atoms with van der Waals surface area (Å²) in [5.41, 5.74) is 8.26. The monoisotopic (exact) mass is 360 g/mol. The van der Waals surface area contributed by atoms with Gasteiger partial charge in [0.25, 0.3) is 0 Å². The van der Waals surface area contributed by atoms with Gasteiger partial charge in [0.1, 0.15) is 0 Å². The third-order valence-corrected chi connectivity index (χ3v) is 4.83. The van der Waals surface area contributed by atoms with Crippen molar-refractivity contribution < 1.29 is 9.53 Å². The van der Waals surface area contributed by atoms with Crippen LogP contribution in [0.3, 0.4) is 0 Å². The Morgan fingerprint density at radius 2 is 2.00 bits per heavy atom. The van der Waals surface area contributed by atoms with Crippen LogP contribution >= 0.6 is 11.3 Å². The zero-order chi connectivity index (χ0) is 17.8. The molecule has 2 heterocycles. The van der Waals surface area contributed by atoms with Gasteiger partial charge in [0.05, 0.1) is 24.3 Å². The summed E-state index contributed by atoms with van der Waals surface area (Å²) in [5.74, 6) is -0.0701. The molecule has 1 amide bonds. The summed E-state index contributed by atoms with van der Waals surface area (Å²) in [5, 5.41) is 5.52. The molecule has 0 bridgehead atoms. The van der Waals surface area contributed by atoms with Crippen molar-refractivity contribution in [2.75, 3.05) is 24.1 Å². The molecule has 1 fully saturated rings. The Kier molecular flexibility index (Phi) is 5.67. The number of carbonyl (C=O) groups excluding carboxylic acids is 1. The lowest BCUT2D eigenvalue weighted by Crippen LogP contribution is -2.44. The number of carbonyl (C=O) groups is 1. The second-order valence-electron chi connectivity index (χ2n) is 6.56. The fraction of sp³-hybridized carbons (Fsp3) is 0.444. The summed E-state index contributed by atoms with van der Waals surface area (Å²) >= 11 is 1.46. The lowest BCUT2D eigenvalue weighted by atomic mass is 10.1. The number of ether oxygens (including phenoxy) is 1. The van der Waals surface area contributed by atoms with Crippen LogP contribution in [0.25, 0.3) is 0 Å². The maximum Gasteiger partial charge on any atom is 0.230 e. The van der Waals surface area contributed by atoms with Crippen molar-refractivity contribution in [1.82, 2.24) is 9.88 Å². The largest absolute Gasteiger partial charge is 0.399 e. The van der Waals surface area contributed by atoms with E-state index in [1.807, 2.05) is 17.5 Å². The summed E-state index contributed by atoms with van der Waals surface area (Å²) in [7, 11) is 0. The maximum absolute atomic E-state index is 12.1. The second-order valence-corrected chi connectivity index (χ2v) is 7.42. The first-order valence-electron chi connectivity index (χ1n) is 8.44. The Morgan fingerprint density at radius 3 is 2.68 bits per heavy atom. The average Bonchev–Trinajstić information content (AvgIpc) is 2.95. The van der Waals surface area contributed by atoms with Gasteiger partial charge in [0, 0.05) is 30.7 Å². The molecular formula is C18H24N4O2S. The van der Waals surface area contributed by atoms with Gasteiger partial charge in [-0.3, -0.25) is 9.69 Å². The molecule has 1 aliphatic rings. The van der Waals surface area contributed by atoms with Crippen molar-refractivity contribution in [2.24, 2.45) is 0 Å². The number of nitrogens with zero attached hydrogens (tertiary/aromatic N) is 2. The Labute approximate surface area is 152 Å². The highest BCUT2D eigenvalue weighted by molar-refractivity contribution is 7.13. The van der Waals surface area contributed by atoms with E-state index < -0.39 is 0 Å². The van der Waals surface area contributed by atoms with Gasteiger partial charge in [-0.05, 0) is 31.5 Å². The molecule has 0 spiro atoms. The van der Waals surface area contributed by atoms with Gasteiger partial charge >= 0.3 is 0 Å². The minimum Gasteiger partial charge on any atom is -0.399 e. The molecule has 6 nitrogen and oxygen atoms in total. The number of amides is 1. The number of hydrogen-bond donors (Lipinski definition) is 2. The van der Waals surface area contributed by atoms with Crippen molar-refractivity contribution in [3.63, 3.8) is 0 Å². The molecule has 2 atom stereocenters. The average molecular weight is 360 g/mol. The van der Waals surface area contributed by atoms with Gasteiger partial charge < -0.3 is 15.8 Å². The van der Waals surface area contributed by atoms with E-state index >= 15 is 0 Å². The highest BCUT2D eigenvalue weighted by Gasteiger charge is 2.22. The zero-order valence-electron chi connectivity index (χ0n) is 14.6. The van der Waals surface area contributed by atoms with Crippen LogP contribution in [0.15, 0.2) is 29.6 Å². The highest BCUT2D eigenvalue weighted by atomic mass is 32.1. The minimum absolute atomic E-state index is 0.0701. The molecule has 3 rings (SSSR count). The molecule has 1 saturated heterocycles. The third kappa shape index (κ3) is 5.26. The highest BCUT2D eigenvalue weighted by Crippen LogP contribution is 2.19. The van der Waals surface area contributed by atoms with E-state index in [-0.39, 0.29) is 18.1 Å². The van der Waals surface area contributed by atoms with E-state index in [9.17, 15) is 4.79 Å². The van der Waals surface area contributed by atoms with Gasteiger partial charge in [-0.25, -0.2) is 4.98 Å². The standard InChI is InChI=1S/C18H24N4O2S/c1-12-8-22(9-13(2)24-12)10-16-11-25-18(20-16)21-17(23)7-14-3-5-15(19)6-4-14/h3-6,11-13H,7-10,19H2,1-2H3,(H,20,21,23). The molecule has 134 valence electrons. The summed E-state index contributed by atoms with van der Waals surface area (Å²) in [6.45, 7) is 6.77. The molecule has 0 radical (unpaired) electrons. The molecule has 0 saturated carbocycles. The molecule has 1 aromatic carbocycles. The Hall–Kier alpha value is -1.96. The van der Waals surface area contributed by atoms with Crippen LogP contribution in [0.4, 0.5) is 10.8 Å². The van der Waals surface area contributed by atoms with Crippen LogP contribution in [0.2, 0.25) is 0 Å². The Bertz CT molecular complexity index is 706. The van der Waals surface area contributed by atoms with Crippen molar-refractivity contribution >= 4 is 28.1 Å². The molecule has 25 heavy (non-hydrogen) atoms. The number of nitrogen functional groups attached to an aromatic ring is 1.